The van der Waals surface area contributed by atoms with Crippen molar-refractivity contribution >= 4 is 29.2 Å². The molecule has 248 valence electrons. The normalized spacial score (nSPS) is 15.0. The molecular formula is C36H39FN8O3. The van der Waals surface area contributed by atoms with Crippen molar-refractivity contribution < 1.29 is 18.4 Å². The van der Waals surface area contributed by atoms with Gasteiger partial charge in [-0.05, 0) is 75.7 Å². The molecule has 1 aliphatic heterocycles. The van der Waals surface area contributed by atoms with Gasteiger partial charge in [-0.2, -0.15) is 9.97 Å². The molecule has 0 radical (unpaired) electrons. The lowest BCUT2D eigenvalue weighted by molar-refractivity contribution is 0.206. The van der Waals surface area contributed by atoms with E-state index in [9.17, 15) is 4.79 Å². The van der Waals surface area contributed by atoms with Crippen molar-refractivity contribution in [2.24, 2.45) is 0 Å². The SMILES string of the molecule is Cc1cc(C)c(OC(=O)N(Cc2ccc(-c3noc(C)n3)cc2)c2ccnc(Nc3ccc(N4CCN(C)C(C)C4)c(F)c3)n2)c(C)c1. The monoisotopic (exact) mass is 650 g/mol. The second kappa shape index (κ2) is 13.8. The Labute approximate surface area is 279 Å². The molecule has 1 amide bonds. The van der Waals surface area contributed by atoms with Crippen molar-refractivity contribution in [3.63, 3.8) is 0 Å². The number of nitrogens with one attached hydrogen (secondary N) is 1. The Kier molecular flexibility index (Phi) is 9.35. The second-order valence-electron chi connectivity index (χ2n) is 12.3. The highest BCUT2D eigenvalue weighted by molar-refractivity contribution is 5.88. The fourth-order valence-electron chi connectivity index (χ4n) is 5.86. The molecule has 6 rings (SSSR count). The van der Waals surface area contributed by atoms with Gasteiger partial charge in [0, 0.05) is 50.0 Å². The number of hydrogen-bond donors (Lipinski definition) is 1. The summed E-state index contributed by atoms with van der Waals surface area (Å²) in [6.45, 7) is 12.2. The zero-order valence-corrected chi connectivity index (χ0v) is 28.0. The Morgan fingerprint density at radius 3 is 2.44 bits per heavy atom. The van der Waals surface area contributed by atoms with Gasteiger partial charge in [-0.3, -0.25) is 4.90 Å². The minimum atomic E-state index is -0.607. The van der Waals surface area contributed by atoms with Crippen LogP contribution in [0.15, 0.2) is 71.4 Å². The number of ether oxygens (including phenoxy) is 1. The molecule has 1 atom stereocenters. The predicted molar refractivity (Wildman–Crippen MR) is 183 cm³/mol. The van der Waals surface area contributed by atoms with Gasteiger partial charge in [0.2, 0.25) is 17.7 Å². The van der Waals surface area contributed by atoms with Crippen LogP contribution in [-0.4, -0.2) is 63.8 Å². The molecule has 48 heavy (non-hydrogen) atoms. The molecule has 1 N–H and O–H groups in total. The van der Waals surface area contributed by atoms with E-state index in [-0.39, 0.29) is 18.3 Å². The van der Waals surface area contributed by atoms with E-state index >= 15 is 4.39 Å². The molecule has 1 unspecified atom stereocenters. The van der Waals surface area contributed by atoms with Crippen molar-refractivity contribution in [3.8, 4) is 17.1 Å². The second-order valence-corrected chi connectivity index (χ2v) is 12.3. The number of likely N-dealkylation sites (N-methyl/N-ethyl adjacent to an activating group) is 1. The van der Waals surface area contributed by atoms with Gasteiger partial charge < -0.3 is 24.4 Å². The Morgan fingerprint density at radius 2 is 1.77 bits per heavy atom. The van der Waals surface area contributed by atoms with E-state index in [0.29, 0.717) is 40.7 Å². The molecule has 5 aromatic rings. The highest BCUT2D eigenvalue weighted by Crippen LogP contribution is 2.29. The molecule has 0 aliphatic carbocycles. The largest absolute Gasteiger partial charge is 0.421 e. The maximum atomic E-state index is 15.3. The number of benzene rings is 3. The zero-order chi connectivity index (χ0) is 33.9. The number of halogens is 1. The van der Waals surface area contributed by atoms with Crippen LogP contribution in [0.3, 0.4) is 0 Å². The van der Waals surface area contributed by atoms with Crippen LogP contribution in [0.5, 0.6) is 5.75 Å². The fraction of sp³-hybridized carbons (Fsp3) is 0.306. The number of amides is 1. The van der Waals surface area contributed by atoms with Crippen molar-refractivity contribution in [3.05, 3.63) is 101 Å². The number of nitrogens with zero attached hydrogens (tertiary/aromatic N) is 7. The van der Waals surface area contributed by atoms with E-state index in [1.165, 1.54) is 11.0 Å². The number of carbonyl (C=O) groups excluding carboxylic acids is 1. The topological polar surface area (TPSA) is 113 Å². The lowest BCUT2D eigenvalue weighted by atomic mass is 10.1. The third kappa shape index (κ3) is 7.28. The Hall–Kier alpha value is -5.36. The van der Waals surface area contributed by atoms with Crippen LogP contribution in [0.2, 0.25) is 0 Å². The average molecular weight is 651 g/mol. The average Bonchev–Trinajstić information content (AvgIpc) is 3.49. The van der Waals surface area contributed by atoms with E-state index in [0.717, 1.165) is 47.5 Å². The van der Waals surface area contributed by atoms with E-state index in [4.69, 9.17) is 9.26 Å². The van der Waals surface area contributed by atoms with Crippen LogP contribution in [0.25, 0.3) is 11.4 Å². The first-order valence-electron chi connectivity index (χ1n) is 15.9. The summed E-state index contributed by atoms with van der Waals surface area (Å²) in [6, 6.07) is 18.4. The van der Waals surface area contributed by atoms with Gasteiger partial charge >= 0.3 is 6.09 Å². The smallest absolute Gasteiger partial charge is 0.409 e. The highest BCUT2D eigenvalue weighted by atomic mass is 19.1. The lowest BCUT2D eigenvalue weighted by Gasteiger charge is -2.39. The first-order valence-corrected chi connectivity index (χ1v) is 15.9. The lowest BCUT2D eigenvalue weighted by Crippen LogP contribution is -2.50. The molecule has 3 aromatic carbocycles. The van der Waals surface area contributed by atoms with Gasteiger partial charge in [-0.1, -0.05) is 47.1 Å². The molecule has 0 spiro atoms. The van der Waals surface area contributed by atoms with Crippen LogP contribution < -0.4 is 19.9 Å². The van der Waals surface area contributed by atoms with E-state index in [1.54, 1.807) is 31.3 Å². The van der Waals surface area contributed by atoms with Crippen LogP contribution in [0.1, 0.15) is 35.1 Å². The maximum Gasteiger partial charge on any atom is 0.421 e. The van der Waals surface area contributed by atoms with Crippen LogP contribution in [0, 0.1) is 33.5 Å². The number of anilines is 4. The number of hydrogen-bond acceptors (Lipinski definition) is 10. The summed E-state index contributed by atoms with van der Waals surface area (Å²) in [7, 11) is 2.08. The van der Waals surface area contributed by atoms with Gasteiger partial charge in [0.15, 0.2) is 0 Å². The third-order valence-electron chi connectivity index (χ3n) is 8.52. The highest BCUT2D eigenvalue weighted by Gasteiger charge is 2.24. The number of aromatic nitrogens is 4. The Bertz CT molecular complexity index is 1910. The molecule has 11 nitrogen and oxygen atoms in total. The van der Waals surface area contributed by atoms with E-state index in [2.05, 4.69) is 49.2 Å². The summed E-state index contributed by atoms with van der Waals surface area (Å²) in [5, 5.41) is 7.08. The molecule has 1 aliphatic rings. The van der Waals surface area contributed by atoms with Crippen molar-refractivity contribution in [2.45, 2.75) is 47.2 Å². The van der Waals surface area contributed by atoms with E-state index in [1.807, 2.05) is 57.2 Å². The standard InChI is InChI=1S/C36H39FN8O3/c1-22-17-23(2)33(24(3)18-22)47-36(46)45(21-27-7-9-28(10-8-27)34-39-26(5)48-42-34)32-13-14-38-35(41-32)40-29-11-12-31(30(37)19-29)44-16-15-43(6)25(4)20-44/h7-14,17-19,25H,15-16,20-21H2,1-6H3,(H,38,40,41). The maximum absolute atomic E-state index is 15.3. The first kappa shape index (κ1) is 32.6. The van der Waals surface area contributed by atoms with Gasteiger partial charge in [-0.15, -0.1) is 0 Å². The first-order chi connectivity index (χ1) is 23.0. The van der Waals surface area contributed by atoms with Gasteiger partial charge in [0.05, 0.1) is 12.2 Å². The molecule has 2 aromatic heterocycles. The fourth-order valence-corrected chi connectivity index (χ4v) is 5.86. The molecule has 0 saturated carbocycles. The Morgan fingerprint density at radius 1 is 1.02 bits per heavy atom. The van der Waals surface area contributed by atoms with Crippen molar-refractivity contribution in [1.29, 1.82) is 0 Å². The quantitative estimate of drug-likeness (QED) is 0.189. The predicted octanol–water partition coefficient (Wildman–Crippen LogP) is 6.99. The van der Waals surface area contributed by atoms with Crippen LogP contribution in [0.4, 0.5) is 32.3 Å². The Balaban J connectivity index is 1.26. The van der Waals surface area contributed by atoms with Crippen molar-refractivity contribution in [1.82, 2.24) is 25.0 Å². The van der Waals surface area contributed by atoms with Crippen LogP contribution >= 0.6 is 0 Å². The van der Waals surface area contributed by atoms with E-state index < -0.39 is 6.09 Å². The number of carbonyl (C=O) groups is 1. The molecule has 12 heteroatoms. The minimum Gasteiger partial charge on any atom is -0.409 e. The molecule has 3 heterocycles. The summed E-state index contributed by atoms with van der Waals surface area (Å²) < 4.78 is 26.4. The minimum absolute atomic E-state index is 0.150. The van der Waals surface area contributed by atoms with Gasteiger partial charge in [-0.25, -0.2) is 14.2 Å². The zero-order valence-electron chi connectivity index (χ0n) is 28.0. The summed E-state index contributed by atoms with van der Waals surface area (Å²) >= 11 is 0. The molecular weight excluding hydrogens is 611 g/mol. The van der Waals surface area contributed by atoms with Gasteiger partial charge in [0.1, 0.15) is 17.4 Å². The number of aryl methyl sites for hydroxylation is 4. The molecule has 1 saturated heterocycles. The van der Waals surface area contributed by atoms with Crippen molar-refractivity contribution in [2.75, 3.05) is 41.8 Å². The number of rotatable bonds is 8. The molecule has 1 fully saturated rings. The van der Waals surface area contributed by atoms with Gasteiger partial charge in [0.25, 0.3) is 0 Å². The van der Waals surface area contributed by atoms with Crippen LogP contribution in [-0.2, 0) is 6.54 Å². The summed E-state index contributed by atoms with van der Waals surface area (Å²) in [4.78, 5) is 32.9. The summed E-state index contributed by atoms with van der Waals surface area (Å²) in [5.41, 5.74) is 5.42. The summed E-state index contributed by atoms with van der Waals surface area (Å²) in [5.74, 6) is 1.63. The summed E-state index contributed by atoms with van der Waals surface area (Å²) in [6.07, 6.45) is 0.940. The number of piperazine rings is 1. The molecule has 0 bridgehead atoms. The third-order valence-corrected chi connectivity index (χ3v) is 8.52.